The first kappa shape index (κ1) is 45.3. The van der Waals surface area contributed by atoms with Gasteiger partial charge in [0.2, 0.25) is 0 Å². The molecule has 288 valence electrons. The number of hydrogen-bond acceptors (Lipinski definition) is 8. The van der Waals surface area contributed by atoms with Crippen LogP contribution in [0.1, 0.15) is 85.9 Å². The molecule has 0 spiro atoms. The van der Waals surface area contributed by atoms with E-state index in [0.29, 0.717) is 28.6 Å². The summed E-state index contributed by atoms with van der Waals surface area (Å²) in [6.07, 6.45) is 5.18. The third-order valence-corrected chi connectivity index (χ3v) is 9.31. The van der Waals surface area contributed by atoms with Gasteiger partial charge >= 0.3 is 23.9 Å². The fraction of sp³-hybridized carbons (Fsp3) is 0.349. The van der Waals surface area contributed by atoms with Gasteiger partial charge in [0.25, 0.3) is 0 Å². The van der Waals surface area contributed by atoms with E-state index < -0.39 is 45.0 Å². The smallest absolute Gasteiger partial charge is 0.326 e. The van der Waals surface area contributed by atoms with Gasteiger partial charge in [-0.1, -0.05) is 117 Å². The molecule has 3 rings (SSSR count). The molecule has 0 aliphatic heterocycles. The fourth-order valence-corrected chi connectivity index (χ4v) is 5.15. The van der Waals surface area contributed by atoms with Gasteiger partial charge in [0.1, 0.15) is 33.3 Å². The first-order valence-corrected chi connectivity index (χ1v) is 20.3. The van der Waals surface area contributed by atoms with Crippen LogP contribution in [0.2, 0.25) is 0 Å². The van der Waals surface area contributed by atoms with Crippen LogP contribution >= 0.6 is 67.8 Å². The summed E-state index contributed by atoms with van der Waals surface area (Å²) in [4.78, 5) is 51.1. The number of halogens is 3. The van der Waals surface area contributed by atoms with E-state index in [1.165, 1.54) is 0 Å². The molecule has 0 heterocycles. The zero-order chi connectivity index (χ0) is 40.9. The van der Waals surface area contributed by atoms with Crippen LogP contribution in [0, 0.1) is 5.41 Å². The van der Waals surface area contributed by atoms with Crippen LogP contribution in [0.4, 0.5) is 0 Å². The predicted molar refractivity (Wildman–Crippen MR) is 238 cm³/mol. The van der Waals surface area contributed by atoms with Crippen LogP contribution in [-0.4, -0.2) is 34.1 Å². The van der Waals surface area contributed by atoms with Gasteiger partial charge in [0, 0.05) is 0 Å². The van der Waals surface area contributed by atoms with Crippen molar-refractivity contribution in [1.82, 2.24) is 0 Å². The average Bonchev–Trinajstić information content (AvgIpc) is 3.07. The third-order valence-electron chi connectivity index (χ3n) is 7.99. The van der Waals surface area contributed by atoms with E-state index in [0.717, 1.165) is 16.7 Å². The maximum Gasteiger partial charge on any atom is 0.326 e. The number of carbonyl (C=O) groups is 4. The maximum atomic E-state index is 12.8. The molecular formula is C43H47I3O8. The Labute approximate surface area is 359 Å². The number of ether oxygens (including phenoxy) is 4. The minimum Gasteiger partial charge on any atom is -0.426 e. The van der Waals surface area contributed by atoms with Crippen molar-refractivity contribution >= 4 is 91.6 Å². The second-order valence-electron chi connectivity index (χ2n) is 15.1. The number of hydrogen-bond donors (Lipinski definition) is 0. The molecule has 0 saturated carbocycles. The van der Waals surface area contributed by atoms with E-state index in [1.807, 2.05) is 104 Å². The number of carbonyl (C=O) groups excluding carboxylic acids is 4. The predicted octanol–water partition coefficient (Wildman–Crippen LogP) is 11.0. The largest absolute Gasteiger partial charge is 0.426 e. The highest BCUT2D eigenvalue weighted by atomic mass is 127. The van der Waals surface area contributed by atoms with E-state index in [9.17, 15) is 19.2 Å². The first-order valence-electron chi connectivity index (χ1n) is 17.1. The van der Waals surface area contributed by atoms with Gasteiger partial charge in [-0.15, -0.1) is 0 Å². The summed E-state index contributed by atoms with van der Waals surface area (Å²) in [6, 6.07) is 21.5. The number of esters is 4. The highest BCUT2D eigenvalue weighted by Gasteiger charge is 2.39. The number of benzene rings is 3. The lowest BCUT2D eigenvalue weighted by Crippen LogP contribution is -2.32. The average molecular weight is 1070 g/mol. The molecule has 0 aromatic heterocycles. The summed E-state index contributed by atoms with van der Waals surface area (Å²) in [6.45, 7) is 22.3. The number of alkyl halides is 3. The normalized spacial score (nSPS) is 12.9. The molecular weight excluding hydrogens is 1030 g/mol. The van der Waals surface area contributed by atoms with Crippen LogP contribution in [0.3, 0.4) is 0 Å². The molecule has 3 aromatic rings. The lowest BCUT2D eigenvalue weighted by Gasteiger charge is -2.37. The number of rotatable bonds is 13. The Morgan fingerprint density at radius 2 is 0.815 bits per heavy atom. The van der Waals surface area contributed by atoms with Gasteiger partial charge in [0.15, 0.2) is 0 Å². The van der Waals surface area contributed by atoms with Crippen molar-refractivity contribution in [3.05, 3.63) is 126 Å². The van der Waals surface area contributed by atoms with Crippen LogP contribution in [0.5, 0.6) is 17.2 Å². The second-order valence-corrected chi connectivity index (χ2v) is 23.2. The van der Waals surface area contributed by atoms with Crippen molar-refractivity contribution in [3.8, 4) is 17.2 Å². The molecule has 0 bridgehead atoms. The molecule has 0 unspecified atom stereocenters. The third kappa shape index (κ3) is 11.7. The van der Waals surface area contributed by atoms with E-state index in [1.54, 1.807) is 124 Å². The summed E-state index contributed by atoms with van der Waals surface area (Å²) in [5.41, 5.74) is 0.950. The number of allylic oxidation sites excluding steroid dienone is 4. The van der Waals surface area contributed by atoms with Crippen molar-refractivity contribution < 1.29 is 38.1 Å². The van der Waals surface area contributed by atoms with Gasteiger partial charge in [-0.3, -0.25) is 19.2 Å². The van der Waals surface area contributed by atoms with E-state index in [2.05, 4.69) is 6.58 Å². The maximum absolute atomic E-state index is 12.8. The molecule has 0 radical (unpaired) electrons. The Balaban J connectivity index is 2.32. The summed E-state index contributed by atoms with van der Waals surface area (Å²) in [7, 11) is 0. The fourth-order valence-electron chi connectivity index (χ4n) is 4.82. The van der Waals surface area contributed by atoms with Crippen molar-refractivity contribution in [3.63, 3.8) is 0 Å². The Bertz CT molecular complexity index is 1740. The Morgan fingerprint density at radius 3 is 1.06 bits per heavy atom. The molecule has 0 aliphatic carbocycles. The molecule has 0 saturated heterocycles. The van der Waals surface area contributed by atoms with Gasteiger partial charge in [-0.25, -0.2) is 0 Å². The zero-order valence-electron chi connectivity index (χ0n) is 32.3. The lowest BCUT2D eigenvalue weighted by molar-refractivity contribution is -0.148. The first-order chi connectivity index (χ1) is 24.8. The van der Waals surface area contributed by atoms with E-state index >= 15 is 0 Å². The lowest BCUT2D eigenvalue weighted by atomic mass is 9.65. The standard InChI is InChI=1S/C43H47I3O8/c1-12-31(51-35(47)39(3,4)5)20-13-27(2)43(28-14-21-32(22-15-28)52-36(48)40(6,7)44,29-16-23-33(24-17-29)53-37(49)41(8,9)45)30-18-25-34(26-19-30)54-38(50)42(10,11)46/h12-26H,2H2,1,3-11H3/b20-13-,31-12+. The second kappa shape index (κ2) is 17.8. The molecule has 0 amide bonds. The van der Waals surface area contributed by atoms with Crippen LogP contribution in [0.15, 0.2) is 109 Å². The molecule has 0 N–H and O–H groups in total. The molecule has 11 heteroatoms. The van der Waals surface area contributed by atoms with Crippen LogP contribution in [0.25, 0.3) is 0 Å². The minimum atomic E-state index is -1.13. The van der Waals surface area contributed by atoms with E-state index in [4.69, 9.17) is 18.9 Å². The van der Waals surface area contributed by atoms with Gasteiger partial charge in [-0.2, -0.15) is 0 Å². The summed E-state index contributed by atoms with van der Waals surface area (Å²) in [5, 5.41) is 0. The van der Waals surface area contributed by atoms with Crippen molar-refractivity contribution in [2.45, 2.75) is 84.9 Å². The summed E-state index contributed by atoms with van der Waals surface area (Å²) < 4.78 is 20.6. The van der Waals surface area contributed by atoms with E-state index in [-0.39, 0.29) is 0 Å². The Morgan fingerprint density at radius 1 is 0.519 bits per heavy atom. The highest BCUT2D eigenvalue weighted by molar-refractivity contribution is 14.1. The minimum absolute atomic E-state index is 0.334. The summed E-state index contributed by atoms with van der Waals surface area (Å²) in [5.74, 6) is -0.144. The topological polar surface area (TPSA) is 105 Å². The van der Waals surface area contributed by atoms with Gasteiger partial charge in [0.05, 0.1) is 10.8 Å². The van der Waals surface area contributed by atoms with Gasteiger partial charge in [-0.05, 0) is 140 Å². The zero-order valence-corrected chi connectivity index (χ0v) is 38.7. The molecule has 8 nitrogen and oxygen atoms in total. The molecule has 0 aliphatic rings. The van der Waals surface area contributed by atoms with Crippen molar-refractivity contribution in [2.75, 3.05) is 0 Å². The molecule has 0 atom stereocenters. The SMILES string of the molecule is C=C(/C=C\C(=C/C)OC(=O)C(C)(C)C)C(c1ccc(OC(=O)C(C)(C)I)cc1)(c1ccc(OC(=O)C(C)(C)I)cc1)c1ccc(OC(=O)C(C)(C)I)cc1. The quantitative estimate of drug-likeness (QED) is 0.0317. The Hall–Kier alpha value is -3.05. The Kier molecular flexibility index (Phi) is 15.0. The van der Waals surface area contributed by atoms with Crippen LogP contribution in [-0.2, 0) is 29.3 Å². The van der Waals surface area contributed by atoms with Gasteiger partial charge < -0.3 is 18.9 Å². The van der Waals surface area contributed by atoms with Crippen molar-refractivity contribution in [2.24, 2.45) is 5.41 Å². The van der Waals surface area contributed by atoms with Crippen molar-refractivity contribution in [1.29, 1.82) is 0 Å². The molecule has 54 heavy (non-hydrogen) atoms. The highest BCUT2D eigenvalue weighted by Crippen LogP contribution is 2.47. The molecule has 3 aromatic carbocycles. The summed E-state index contributed by atoms with van der Waals surface area (Å²) >= 11 is 6.11. The molecule has 0 fully saturated rings. The monoisotopic (exact) mass is 1070 g/mol. The van der Waals surface area contributed by atoms with Crippen LogP contribution < -0.4 is 14.2 Å².